The van der Waals surface area contributed by atoms with Gasteiger partial charge in [0, 0.05) is 18.0 Å². The predicted molar refractivity (Wildman–Crippen MR) is 85.8 cm³/mol. The molecule has 122 valence electrons. The van der Waals surface area contributed by atoms with Crippen LogP contribution in [0.5, 0.6) is 0 Å². The second kappa shape index (κ2) is 6.02. The standard InChI is InChI=1S/C19H21F2NO/c1-12-18(14-5-9-16(21)10-6-14)22-17(11-19(12,2)23)13-3-7-15(20)8-4-13/h3-10,12,17-18,22-23H,11H2,1-2H3/t12-,17+,18-,19+/m1/s1. The topological polar surface area (TPSA) is 32.3 Å². The Balaban J connectivity index is 1.92. The highest BCUT2D eigenvalue weighted by Gasteiger charge is 2.42. The molecular weight excluding hydrogens is 296 g/mol. The van der Waals surface area contributed by atoms with Gasteiger partial charge in [0.2, 0.25) is 0 Å². The lowest BCUT2D eigenvalue weighted by atomic mass is 9.73. The summed E-state index contributed by atoms with van der Waals surface area (Å²) in [4.78, 5) is 0. The van der Waals surface area contributed by atoms with E-state index in [-0.39, 0.29) is 29.6 Å². The van der Waals surface area contributed by atoms with Gasteiger partial charge in [0.1, 0.15) is 11.6 Å². The van der Waals surface area contributed by atoms with Gasteiger partial charge in [-0.2, -0.15) is 0 Å². The number of piperidine rings is 1. The van der Waals surface area contributed by atoms with Crippen molar-refractivity contribution in [2.45, 2.75) is 38.0 Å². The zero-order valence-electron chi connectivity index (χ0n) is 13.3. The van der Waals surface area contributed by atoms with Gasteiger partial charge >= 0.3 is 0 Å². The molecule has 2 aromatic carbocycles. The van der Waals surface area contributed by atoms with Gasteiger partial charge in [0.25, 0.3) is 0 Å². The third-order valence-electron chi connectivity index (χ3n) is 4.98. The monoisotopic (exact) mass is 317 g/mol. The first-order valence-electron chi connectivity index (χ1n) is 7.86. The number of benzene rings is 2. The summed E-state index contributed by atoms with van der Waals surface area (Å²) in [5, 5.41) is 14.4. The predicted octanol–water partition coefficient (Wildman–Crippen LogP) is 4.13. The molecule has 0 aromatic heterocycles. The molecule has 0 spiro atoms. The van der Waals surface area contributed by atoms with Crippen molar-refractivity contribution in [2.75, 3.05) is 0 Å². The van der Waals surface area contributed by atoms with Crippen molar-refractivity contribution >= 4 is 0 Å². The number of hydrogen-bond donors (Lipinski definition) is 2. The molecule has 3 rings (SSSR count). The molecule has 0 saturated carbocycles. The molecule has 4 heteroatoms. The van der Waals surface area contributed by atoms with Crippen LogP contribution in [-0.2, 0) is 0 Å². The Morgan fingerprint density at radius 1 is 0.957 bits per heavy atom. The number of hydrogen-bond acceptors (Lipinski definition) is 2. The summed E-state index contributed by atoms with van der Waals surface area (Å²) in [5.41, 5.74) is 1.00. The maximum Gasteiger partial charge on any atom is 0.123 e. The van der Waals surface area contributed by atoms with Crippen LogP contribution in [0.1, 0.15) is 43.5 Å². The third kappa shape index (κ3) is 3.28. The Labute approximate surface area is 135 Å². The van der Waals surface area contributed by atoms with Crippen LogP contribution in [0, 0.1) is 17.6 Å². The van der Waals surface area contributed by atoms with Crippen molar-refractivity contribution in [1.29, 1.82) is 0 Å². The fraction of sp³-hybridized carbons (Fsp3) is 0.368. The number of aliphatic hydroxyl groups is 1. The van der Waals surface area contributed by atoms with E-state index in [1.54, 1.807) is 24.3 Å². The van der Waals surface area contributed by atoms with Crippen molar-refractivity contribution in [3.05, 3.63) is 71.3 Å². The van der Waals surface area contributed by atoms with E-state index in [9.17, 15) is 13.9 Å². The van der Waals surface area contributed by atoms with Crippen LogP contribution >= 0.6 is 0 Å². The Morgan fingerprint density at radius 2 is 1.43 bits per heavy atom. The van der Waals surface area contributed by atoms with E-state index < -0.39 is 5.60 Å². The van der Waals surface area contributed by atoms with E-state index in [0.29, 0.717) is 6.42 Å². The normalized spacial score (nSPS) is 31.1. The van der Waals surface area contributed by atoms with E-state index in [2.05, 4.69) is 5.32 Å². The van der Waals surface area contributed by atoms with E-state index in [1.165, 1.54) is 24.3 Å². The molecule has 23 heavy (non-hydrogen) atoms. The molecule has 1 saturated heterocycles. The Morgan fingerprint density at radius 3 is 1.96 bits per heavy atom. The average Bonchev–Trinajstić information content (AvgIpc) is 2.51. The van der Waals surface area contributed by atoms with Gasteiger partial charge in [0.05, 0.1) is 5.60 Å². The number of halogens is 2. The van der Waals surface area contributed by atoms with Crippen LogP contribution in [0.3, 0.4) is 0 Å². The lowest BCUT2D eigenvalue weighted by Crippen LogP contribution is -2.50. The maximum atomic E-state index is 13.2. The summed E-state index contributed by atoms with van der Waals surface area (Å²) in [7, 11) is 0. The van der Waals surface area contributed by atoms with Crippen molar-refractivity contribution in [3.8, 4) is 0 Å². The summed E-state index contributed by atoms with van der Waals surface area (Å²) in [6.07, 6.45) is 0.539. The molecular formula is C19H21F2NO. The van der Waals surface area contributed by atoms with Crippen LogP contribution in [0.15, 0.2) is 48.5 Å². The van der Waals surface area contributed by atoms with Gasteiger partial charge in [-0.15, -0.1) is 0 Å². The third-order valence-corrected chi connectivity index (χ3v) is 4.98. The van der Waals surface area contributed by atoms with Crippen molar-refractivity contribution in [1.82, 2.24) is 5.32 Å². The second-order valence-electron chi connectivity index (χ2n) is 6.65. The van der Waals surface area contributed by atoms with Crippen LogP contribution in [-0.4, -0.2) is 10.7 Å². The molecule has 1 fully saturated rings. The summed E-state index contributed by atoms with van der Waals surface area (Å²) < 4.78 is 26.3. The molecule has 0 radical (unpaired) electrons. The van der Waals surface area contributed by atoms with E-state index in [0.717, 1.165) is 11.1 Å². The Kier molecular flexibility index (Phi) is 4.21. The first-order valence-corrected chi connectivity index (χ1v) is 7.86. The molecule has 4 atom stereocenters. The van der Waals surface area contributed by atoms with Crippen LogP contribution in [0.25, 0.3) is 0 Å². The van der Waals surface area contributed by atoms with Gasteiger partial charge in [-0.1, -0.05) is 31.2 Å². The fourth-order valence-corrected chi connectivity index (χ4v) is 3.34. The summed E-state index contributed by atoms with van der Waals surface area (Å²) in [6.45, 7) is 3.81. The van der Waals surface area contributed by atoms with Crippen LogP contribution in [0.4, 0.5) is 8.78 Å². The highest BCUT2D eigenvalue weighted by molar-refractivity contribution is 5.27. The molecule has 0 amide bonds. The minimum absolute atomic E-state index is 0.0374. The SMILES string of the molecule is C[C@@H]1[C@H](c2ccc(F)cc2)N[C@H](c2ccc(F)cc2)C[C@]1(C)O. The van der Waals surface area contributed by atoms with Gasteiger partial charge in [-0.25, -0.2) is 8.78 Å². The zero-order chi connectivity index (χ0) is 16.6. The van der Waals surface area contributed by atoms with Gasteiger partial charge < -0.3 is 10.4 Å². The maximum absolute atomic E-state index is 13.2. The Bertz CT molecular complexity index is 667. The minimum atomic E-state index is -0.872. The van der Waals surface area contributed by atoms with Crippen LogP contribution in [0.2, 0.25) is 0 Å². The Hall–Kier alpha value is -1.78. The first kappa shape index (κ1) is 16.1. The van der Waals surface area contributed by atoms with Gasteiger partial charge in [-0.3, -0.25) is 0 Å². The van der Waals surface area contributed by atoms with Gasteiger partial charge in [-0.05, 0) is 48.7 Å². The molecule has 1 heterocycles. The molecule has 1 aliphatic rings. The molecule has 2 N–H and O–H groups in total. The van der Waals surface area contributed by atoms with Gasteiger partial charge in [0.15, 0.2) is 0 Å². The smallest absolute Gasteiger partial charge is 0.123 e. The summed E-state index contributed by atoms with van der Waals surface area (Å²) in [6, 6.07) is 12.5. The number of nitrogens with one attached hydrogen (secondary N) is 1. The lowest BCUT2D eigenvalue weighted by Gasteiger charge is -2.46. The lowest BCUT2D eigenvalue weighted by molar-refractivity contribution is -0.0526. The number of rotatable bonds is 2. The fourth-order valence-electron chi connectivity index (χ4n) is 3.34. The highest BCUT2D eigenvalue weighted by Crippen LogP contribution is 2.42. The summed E-state index contributed by atoms with van der Waals surface area (Å²) in [5.74, 6) is -0.594. The zero-order valence-corrected chi connectivity index (χ0v) is 13.3. The largest absolute Gasteiger partial charge is 0.390 e. The molecule has 2 aromatic rings. The van der Waals surface area contributed by atoms with Crippen molar-refractivity contribution < 1.29 is 13.9 Å². The average molecular weight is 317 g/mol. The van der Waals surface area contributed by atoms with Crippen molar-refractivity contribution in [2.24, 2.45) is 5.92 Å². The molecule has 0 aliphatic carbocycles. The van der Waals surface area contributed by atoms with Crippen molar-refractivity contribution in [3.63, 3.8) is 0 Å². The highest BCUT2D eigenvalue weighted by atomic mass is 19.1. The van der Waals surface area contributed by atoms with Crippen LogP contribution < -0.4 is 5.32 Å². The molecule has 1 aliphatic heterocycles. The van der Waals surface area contributed by atoms with E-state index >= 15 is 0 Å². The molecule has 0 unspecified atom stereocenters. The summed E-state index contributed by atoms with van der Waals surface area (Å²) >= 11 is 0. The molecule has 2 nitrogen and oxygen atoms in total. The molecule has 0 bridgehead atoms. The van der Waals surface area contributed by atoms with E-state index in [1.807, 2.05) is 13.8 Å². The van der Waals surface area contributed by atoms with E-state index in [4.69, 9.17) is 0 Å². The minimum Gasteiger partial charge on any atom is -0.390 e. The quantitative estimate of drug-likeness (QED) is 0.873. The first-order chi connectivity index (χ1) is 10.9. The second-order valence-corrected chi connectivity index (χ2v) is 6.65.